The summed E-state index contributed by atoms with van der Waals surface area (Å²) in [6.45, 7) is 6.52. The zero-order valence-electron chi connectivity index (χ0n) is 22.5. The summed E-state index contributed by atoms with van der Waals surface area (Å²) in [4.78, 5) is 26.4. The summed E-state index contributed by atoms with van der Waals surface area (Å²) in [5.41, 5.74) is 3.34. The summed E-state index contributed by atoms with van der Waals surface area (Å²) >= 11 is 6.42. The molecule has 4 heterocycles. The number of rotatable bonds is 8. The van der Waals surface area contributed by atoms with Gasteiger partial charge in [-0.05, 0) is 43.5 Å². The summed E-state index contributed by atoms with van der Waals surface area (Å²) in [6, 6.07) is 20.6. The number of benzene rings is 2. The van der Waals surface area contributed by atoms with Crippen LogP contribution in [0.3, 0.4) is 0 Å². The fourth-order valence-corrected chi connectivity index (χ4v) is 5.65. The van der Waals surface area contributed by atoms with Crippen molar-refractivity contribution < 1.29 is 19.0 Å². The lowest BCUT2D eigenvalue weighted by atomic mass is 9.91. The predicted molar refractivity (Wildman–Crippen MR) is 150 cm³/mol. The topological polar surface area (TPSA) is 112 Å². The van der Waals surface area contributed by atoms with Crippen LogP contribution in [0.1, 0.15) is 44.0 Å². The Balaban J connectivity index is 1.32. The second-order valence-electron chi connectivity index (χ2n) is 10.3. The lowest BCUT2D eigenvalue weighted by Gasteiger charge is -2.24. The van der Waals surface area contributed by atoms with Gasteiger partial charge < -0.3 is 24.8 Å². The fraction of sp³-hybridized carbons (Fsp3) is 0.379. The third-order valence-corrected chi connectivity index (χ3v) is 7.35. The molecule has 0 bridgehead atoms. The highest BCUT2D eigenvalue weighted by Gasteiger charge is 2.58. The number of anilines is 1. The number of carbonyl (C=O) groups excluding carboxylic acids is 1. The van der Waals surface area contributed by atoms with Gasteiger partial charge in [0.25, 0.3) is 5.91 Å². The molecule has 2 fully saturated rings. The molecular formula is C29H31ClN6O4. The Morgan fingerprint density at radius 1 is 1.02 bits per heavy atom. The summed E-state index contributed by atoms with van der Waals surface area (Å²) in [5.74, 6) is -0.559. The first-order valence-corrected chi connectivity index (χ1v) is 13.7. The highest BCUT2D eigenvalue weighted by Crippen LogP contribution is 2.44. The molecule has 0 saturated carbocycles. The van der Waals surface area contributed by atoms with E-state index in [0.29, 0.717) is 30.1 Å². The Hall–Kier alpha value is -3.57. The van der Waals surface area contributed by atoms with Gasteiger partial charge in [-0.15, -0.1) is 0 Å². The number of ether oxygens (including phenoxy) is 3. The maximum atomic E-state index is 12.8. The molecule has 2 aromatic heterocycles. The van der Waals surface area contributed by atoms with Crippen molar-refractivity contribution in [3.05, 3.63) is 83.4 Å². The number of aromatic nitrogens is 4. The van der Waals surface area contributed by atoms with E-state index in [4.69, 9.17) is 25.8 Å². The second kappa shape index (κ2) is 10.8. The van der Waals surface area contributed by atoms with Crippen molar-refractivity contribution in [2.75, 3.05) is 18.4 Å². The first-order valence-electron chi connectivity index (χ1n) is 13.4. The highest BCUT2D eigenvalue weighted by molar-refractivity contribution is 6.28. The Bertz CT molecular complexity index is 1460. The lowest BCUT2D eigenvalue weighted by Crippen LogP contribution is -2.42. The third kappa shape index (κ3) is 5.03. The molecule has 0 radical (unpaired) electrons. The van der Waals surface area contributed by atoms with E-state index in [1.165, 1.54) is 11.1 Å². The van der Waals surface area contributed by atoms with Crippen molar-refractivity contribution in [3.8, 4) is 0 Å². The van der Waals surface area contributed by atoms with Crippen LogP contribution >= 0.6 is 11.6 Å². The molecule has 2 aromatic carbocycles. The fourth-order valence-electron chi connectivity index (χ4n) is 5.48. The monoisotopic (exact) mass is 562 g/mol. The molecular weight excluding hydrogens is 532 g/mol. The molecule has 2 saturated heterocycles. The van der Waals surface area contributed by atoms with Crippen molar-refractivity contribution in [1.82, 2.24) is 24.8 Å². The van der Waals surface area contributed by atoms with E-state index in [0.717, 1.165) is 0 Å². The average molecular weight is 563 g/mol. The van der Waals surface area contributed by atoms with Crippen LogP contribution in [0.15, 0.2) is 67.0 Å². The van der Waals surface area contributed by atoms with Crippen LogP contribution in [0, 0.1) is 0 Å². The average Bonchev–Trinajstić information content (AvgIpc) is 3.60. The van der Waals surface area contributed by atoms with E-state index in [1.807, 2.05) is 57.2 Å². The van der Waals surface area contributed by atoms with Crippen LogP contribution in [0.5, 0.6) is 0 Å². The number of hydrogen-bond acceptors (Lipinski definition) is 8. The van der Waals surface area contributed by atoms with E-state index in [2.05, 4.69) is 49.9 Å². The van der Waals surface area contributed by atoms with Gasteiger partial charge in [0, 0.05) is 19.0 Å². The van der Waals surface area contributed by atoms with E-state index >= 15 is 0 Å². The van der Waals surface area contributed by atoms with Gasteiger partial charge in [-0.25, -0.2) is 4.98 Å². The number of hydrogen-bond donors (Lipinski definition) is 2. The molecule has 2 aliphatic rings. The summed E-state index contributed by atoms with van der Waals surface area (Å²) in [6.07, 6.45) is -1.07. The van der Waals surface area contributed by atoms with Crippen molar-refractivity contribution in [3.63, 3.8) is 0 Å². The van der Waals surface area contributed by atoms with E-state index in [-0.39, 0.29) is 17.1 Å². The van der Waals surface area contributed by atoms with Crippen molar-refractivity contribution in [2.24, 2.45) is 0 Å². The molecule has 208 valence electrons. The van der Waals surface area contributed by atoms with Gasteiger partial charge in [0.15, 0.2) is 35.1 Å². The van der Waals surface area contributed by atoms with E-state index < -0.39 is 30.3 Å². The van der Waals surface area contributed by atoms with Gasteiger partial charge in [-0.1, -0.05) is 60.7 Å². The van der Waals surface area contributed by atoms with Gasteiger partial charge in [0.05, 0.1) is 6.33 Å². The van der Waals surface area contributed by atoms with Gasteiger partial charge in [-0.2, -0.15) is 9.97 Å². The largest absolute Gasteiger partial charge is 0.367 e. The zero-order chi connectivity index (χ0) is 27.9. The zero-order valence-corrected chi connectivity index (χ0v) is 23.2. The minimum Gasteiger partial charge on any atom is -0.367 e. The summed E-state index contributed by atoms with van der Waals surface area (Å²) in [5, 5.41) is 6.34. The van der Waals surface area contributed by atoms with Crippen molar-refractivity contribution in [1.29, 1.82) is 0 Å². The molecule has 0 aliphatic carbocycles. The number of halogens is 1. The van der Waals surface area contributed by atoms with Gasteiger partial charge in [-0.3, -0.25) is 9.36 Å². The Kier molecular flexibility index (Phi) is 7.18. The Morgan fingerprint density at radius 2 is 1.68 bits per heavy atom. The predicted octanol–water partition coefficient (Wildman–Crippen LogP) is 4.28. The van der Waals surface area contributed by atoms with Crippen LogP contribution in [0.25, 0.3) is 11.2 Å². The number of likely N-dealkylation sites (N-methyl/N-ethyl adjacent to an activating group) is 1. The number of fused-ring (bicyclic) bond motifs is 2. The molecule has 11 heteroatoms. The lowest BCUT2D eigenvalue weighted by molar-refractivity contribution is -0.197. The van der Waals surface area contributed by atoms with E-state index in [1.54, 1.807) is 10.9 Å². The SMILES string of the molecule is CCNC(=O)[C@H]1OC(n2cnc3c(NCC(c4ccccc4)c4ccccc4)nc(Cl)nc32)C2OC(C)(C)O[C@@H]21. The summed E-state index contributed by atoms with van der Waals surface area (Å²) < 4.78 is 20.2. The first-order chi connectivity index (χ1) is 19.3. The molecule has 10 nitrogen and oxygen atoms in total. The standard InChI is InChI=1S/C29H31ClN6O4/c1-4-31-26(37)22-21-23(40-29(2,3)39-21)27(38-22)36-16-33-20-24(34-28(30)35-25(20)36)32-15-19(17-11-7-5-8-12-17)18-13-9-6-10-14-18/h5-14,16,19,21-23,27H,4,15H2,1-3H3,(H,31,37)(H,32,34,35)/t21-,22+,23?,27?/m1/s1. The number of imidazole rings is 1. The quantitative estimate of drug-likeness (QED) is 0.306. The number of nitrogens with zero attached hydrogens (tertiary/aromatic N) is 4. The normalized spacial score (nSPS) is 23.4. The highest BCUT2D eigenvalue weighted by atomic mass is 35.5. The second-order valence-corrected chi connectivity index (χ2v) is 10.7. The number of amides is 1. The van der Waals surface area contributed by atoms with Crippen LogP contribution in [-0.2, 0) is 19.0 Å². The van der Waals surface area contributed by atoms with Crippen molar-refractivity contribution in [2.45, 2.75) is 57.0 Å². The smallest absolute Gasteiger partial charge is 0.252 e. The molecule has 2 unspecified atom stereocenters. The van der Waals surface area contributed by atoms with Crippen LogP contribution in [0.4, 0.5) is 5.82 Å². The van der Waals surface area contributed by atoms with Gasteiger partial charge in [0.2, 0.25) is 5.28 Å². The number of nitrogens with one attached hydrogen (secondary N) is 2. The minimum absolute atomic E-state index is 0.0615. The van der Waals surface area contributed by atoms with Gasteiger partial charge >= 0.3 is 0 Å². The minimum atomic E-state index is -0.873. The molecule has 4 atom stereocenters. The van der Waals surface area contributed by atoms with Crippen LogP contribution in [-0.4, -0.2) is 62.6 Å². The molecule has 40 heavy (non-hydrogen) atoms. The molecule has 1 amide bonds. The Morgan fingerprint density at radius 3 is 2.33 bits per heavy atom. The summed E-state index contributed by atoms with van der Waals surface area (Å²) in [7, 11) is 0. The van der Waals surface area contributed by atoms with Crippen LogP contribution < -0.4 is 10.6 Å². The maximum Gasteiger partial charge on any atom is 0.252 e. The molecule has 6 rings (SSSR count). The van der Waals surface area contributed by atoms with E-state index in [9.17, 15) is 4.79 Å². The van der Waals surface area contributed by atoms with Gasteiger partial charge in [0.1, 0.15) is 12.2 Å². The van der Waals surface area contributed by atoms with Crippen LogP contribution in [0.2, 0.25) is 5.28 Å². The third-order valence-electron chi connectivity index (χ3n) is 7.18. The molecule has 2 aliphatic heterocycles. The first kappa shape index (κ1) is 26.6. The molecule has 0 spiro atoms. The molecule has 2 N–H and O–H groups in total. The molecule has 4 aromatic rings. The maximum absolute atomic E-state index is 12.8. The van der Waals surface area contributed by atoms with Crippen molar-refractivity contribution >= 4 is 34.5 Å². The Labute approximate surface area is 237 Å². The number of carbonyl (C=O) groups is 1.